The summed E-state index contributed by atoms with van der Waals surface area (Å²) in [5.74, 6) is 0. The lowest BCUT2D eigenvalue weighted by Gasteiger charge is -2.12. The van der Waals surface area contributed by atoms with Crippen LogP contribution >= 0.6 is 11.6 Å². The number of aliphatic hydroxyl groups excluding tert-OH is 1. The second-order valence-electron chi connectivity index (χ2n) is 3.08. The van der Waals surface area contributed by atoms with Crippen LogP contribution in [0.4, 0.5) is 13.2 Å². The van der Waals surface area contributed by atoms with Gasteiger partial charge in [0.2, 0.25) is 0 Å². The summed E-state index contributed by atoms with van der Waals surface area (Å²) < 4.78 is 35.5. The number of hydrogen-bond donors (Lipinski definition) is 1. The van der Waals surface area contributed by atoms with Crippen molar-refractivity contribution in [3.05, 3.63) is 29.0 Å². The van der Waals surface area contributed by atoms with E-state index in [4.69, 9.17) is 11.6 Å². The molecule has 0 aliphatic carbocycles. The van der Waals surface area contributed by atoms with Crippen molar-refractivity contribution < 1.29 is 18.3 Å². The van der Waals surface area contributed by atoms with Crippen LogP contribution in [0.3, 0.4) is 0 Å². The van der Waals surface area contributed by atoms with Gasteiger partial charge in [-0.2, -0.15) is 13.2 Å². The first-order valence-electron chi connectivity index (χ1n) is 4.25. The summed E-state index contributed by atoms with van der Waals surface area (Å²) in [6, 6.07) is 2.88. The van der Waals surface area contributed by atoms with Gasteiger partial charge in [0.05, 0.1) is 6.10 Å². The van der Waals surface area contributed by atoms with Gasteiger partial charge >= 0.3 is 6.18 Å². The number of aromatic nitrogens is 1. The summed E-state index contributed by atoms with van der Waals surface area (Å²) in [6.45, 7) is 0. The molecule has 1 aromatic heterocycles. The van der Waals surface area contributed by atoms with Crippen molar-refractivity contribution in [1.82, 2.24) is 4.98 Å². The molecule has 0 amide bonds. The Morgan fingerprint density at radius 3 is 2.53 bits per heavy atom. The summed E-state index contributed by atoms with van der Waals surface area (Å²) in [5.41, 5.74) is 0.337. The third kappa shape index (κ3) is 4.48. The second-order valence-corrected chi connectivity index (χ2v) is 3.47. The molecular formula is C9H9ClF3NO. The molecule has 84 valence electrons. The molecule has 0 fully saturated rings. The lowest BCUT2D eigenvalue weighted by molar-refractivity contribution is -0.140. The zero-order chi connectivity index (χ0) is 11.5. The number of pyridine rings is 1. The lowest BCUT2D eigenvalue weighted by Crippen LogP contribution is -2.10. The maximum Gasteiger partial charge on any atom is 0.389 e. The van der Waals surface area contributed by atoms with Gasteiger partial charge in [-0.3, -0.25) is 0 Å². The molecule has 0 aliphatic rings. The van der Waals surface area contributed by atoms with Crippen LogP contribution in [0.5, 0.6) is 0 Å². The first kappa shape index (κ1) is 12.3. The number of hydrogen-bond acceptors (Lipinski definition) is 2. The van der Waals surface area contributed by atoms with Crippen LogP contribution in [0.2, 0.25) is 5.15 Å². The highest BCUT2D eigenvalue weighted by Gasteiger charge is 2.28. The lowest BCUT2D eigenvalue weighted by atomic mass is 10.1. The van der Waals surface area contributed by atoms with E-state index in [1.807, 2.05) is 0 Å². The van der Waals surface area contributed by atoms with Gasteiger partial charge in [0.25, 0.3) is 0 Å². The monoisotopic (exact) mass is 239 g/mol. The summed E-state index contributed by atoms with van der Waals surface area (Å²) in [7, 11) is 0. The largest absolute Gasteiger partial charge is 0.389 e. The molecular weight excluding hydrogens is 231 g/mol. The third-order valence-electron chi connectivity index (χ3n) is 1.84. The number of alkyl halides is 3. The van der Waals surface area contributed by atoms with Gasteiger partial charge in [-0.15, -0.1) is 0 Å². The fraction of sp³-hybridized carbons (Fsp3) is 0.444. The molecule has 0 bridgehead atoms. The second kappa shape index (κ2) is 4.81. The molecule has 0 spiro atoms. The molecule has 0 saturated heterocycles. The fourth-order valence-corrected chi connectivity index (χ4v) is 1.16. The smallest absolute Gasteiger partial charge is 0.388 e. The van der Waals surface area contributed by atoms with Gasteiger partial charge in [0, 0.05) is 12.6 Å². The highest BCUT2D eigenvalue weighted by Crippen LogP contribution is 2.27. The van der Waals surface area contributed by atoms with Crippen molar-refractivity contribution in [1.29, 1.82) is 0 Å². The van der Waals surface area contributed by atoms with E-state index in [9.17, 15) is 18.3 Å². The number of halogens is 4. The quantitative estimate of drug-likeness (QED) is 0.822. The van der Waals surface area contributed by atoms with Gasteiger partial charge in [-0.25, -0.2) is 4.98 Å². The Hall–Kier alpha value is -0.810. The maximum absolute atomic E-state index is 11.8. The molecule has 0 aromatic carbocycles. The molecule has 0 radical (unpaired) electrons. The highest BCUT2D eigenvalue weighted by molar-refractivity contribution is 6.29. The van der Waals surface area contributed by atoms with Crippen molar-refractivity contribution in [3.8, 4) is 0 Å². The Bertz CT molecular complexity index is 312. The Kier molecular flexibility index (Phi) is 3.93. The molecule has 1 N–H and O–H groups in total. The van der Waals surface area contributed by atoms with Crippen molar-refractivity contribution in [2.75, 3.05) is 0 Å². The minimum atomic E-state index is -4.25. The standard InChI is InChI=1S/C9H9ClF3NO/c10-8-2-1-6(5-14-8)7(15)3-4-9(11,12)13/h1-2,5,7,15H,3-4H2. The average molecular weight is 240 g/mol. The van der Waals surface area contributed by atoms with Crippen molar-refractivity contribution in [2.45, 2.75) is 25.1 Å². The van der Waals surface area contributed by atoms with E-state index < -0.39 is 18.7 Å². The van der Waals surface area contributed by atoms with Crippen LogP contribution in [0, 0.1) is 0 Å². The molecule has 15 heavy (non-hydrogen) atoms. The minimum absolute atomic E-state index is 0.238. The van der Waals surface area contributed by atoms with E-state index in [1.54, 1.807) is 0 Å². The van der Waals surface area contributed by atoms with E-state index in [-0.39, 0.29) is 11.6 Å². The van der Waals surface area contributed by atoms with Gasteiger partial charge in [0.1, 0.15) is 5.15 Å². The number of aliphatic hydroxyl groups is 1. The molecule has 1 heterocycles. The van der Waals surface area contributed by atoms with E-state index in [0.29, 0.717) is 5.56 Å². The van der Waals surface area contributed by atoms with Crippen LogP contribution in [0.15, 0.2) is 18.3 Å². The molecule has 1 rings (SSSR count). The SMILES string of the molecule is OC(CCC(F)(F)F)c1ccc(Cl)nc1. The number of nitrogens with zero attached hydrogens (tertiary/aromatic N) is 1. The first-order chi connectivity index (χ1) is 6.88. The fourth-order valence-electron chi connectivity index (χ4n) is 1.05. The Morgan fingerprint density at radius 1 is 1.40 bits per heavy atom. The Morgan fingerprint density at radius 2 is 2.07 bits per heavy atom. The van der Waals surface area contributed by atoms with E-state index in [1.165, 1.54) is 18.3 Å². The highest BCUT2D eigenvalue weighted by atomic mass is 35.5. The average Bonchev–Trinajstić information content (AvgIpc) is 2.14. The van der Waals surface area contributed by atoms with E-state index >= 15 is 0 Å². The normalized spacial score (nSPS) is 13.9. The Labute approximate surface area is 89.7 Å². The summed E-state index contributed by atoms with van der Waals surface area (Å²) >= 11 is 5.49. The number of rotatable bonds is 3. The van der Waals surface area contributed by atoms with E-state index in [2.05, 4.69) is 4.98 Å². The van der Waals surface area contributed by atoms with Crippen LogP contribution in [0.25, 0.3) is 0 Å². The van der Waals surface area contributed by atoms with Crippen LogP contribution in [-0.2, 0) is 0 Å². The van der Waals surface area contributed by atoms with Crippen LogP contribution < -0.4 is 0 Å². The molecule has 0 aliphatic heterocycles. The zero-order valence-corrected chi connectivity index (χ0v) is 8.39. The molecule has 1 unspecified atom stereocenters. The Balaban J connectivity index is 2.54. The zero-order valence-electron chi connectivity index (χ0n) is 7.63. The van der Waals surface area contributed by atoms with Crippen LogP contribution in [0.1, 0.15) is 24.5 Å². The molecule has 0 saturated carbocycles. The molecule has 2 nitrogen and oxygen atoms in total. The predicted molar refractivity (Wildman–Crippen MR) is 49.5 cm³/mol. The third-order valence-corrected chi connectivity index (χ3v) is 2.06. The predicted octanol–water partition coefficient (Wildman–Crippen LogP) is 3.11. The summed E-state index contributed by atoms with van der Waals surface area (Å²) in [6.07, 6.45) is -5.52. The van der Waals surface area contributed by atoms with Crippen LogP contribution in [-0.4, -0.2) is 16.3 Å². The molecule has 6 heteroatoms. The summed E-state index contributed by atoms with van der Waals surface area (Å²) in [4.78, 5) is 3.67. The van der Waals surface area contributed by atoms with Crippen molar-refractivity contribution in [2.24, 2.45) is 0 Å². The van der Waals surface area contributed by atoms with Gasteiger partial charge in [-0.05, 0) is 18.1 Å². The minimum Gasteiger partial charge on any atom is -0.388 e. The summed E-state index contributed by atoms with van der Waals surface area (Å²) in [5, 5.41) is 9.63. The van der Waals surface area contributed by atoms with E-state index in [0.717, 1.165) is 0 Å². The molecule has 1 aromatic rings. The topological polar surface area (TPSA) is 33.1 Å². The maximum atomic E-state index is 11.8. The van der Waals surface area contributed by atoms with Gasteiger partial charge < -0.3 is 5.11 Å². The van der Waals surface area contributed by atoms with Crippen molar-refractivity contribution >= 4 is 11.6 Å². The van der Waals surface area contributed by atoms with Crippen molar-refractivity contribution in [3.63, 3.8) is 0 Å². The first-order valence-corrected chi connectivity index (χ1v) is 4.62. The van der Waals surface area contributed by atoms with Gasteiger partial charge in [-0.1, -0.05) is 17.7 Å². The molecule has 1 atom stereocenters. The van der Waals surface area contributed by atoms with Gasteiger partial charge in [0.15, 0.2) is 0 Å².